The first-order chi connectivity index (χ1) is 9.71. The number of hydrogen-bond acceptors (Lipinski definition) is 3. The van der Waals surface area contributed by atoms with Crippen LogP contribution in [0.3, 0.4) is 0 Å². The minimum atomic E-state index is -0.221. The average Bonchev–Trinajstić information content (AvgIpc) is 2.94. The molecule has 0 radical (unpaired) electrons. The molecule has 2 aliphatic carbocycles. The van der Waals surface area contributed by atoms with E-state index in [1.54, 1.807) is 6.20 Å². The predicted molar refractivity (Wildman–Crippen MR) is 76.4 cm³/mol. The molecule has 1 atom stereocenters. The molecule has 1 aromatic heterocycles. The summed E-state index contributed by atoms with van der Waals surface area (Å²) < 4.78 is 0. The van der Waals surface area contributed by atoms with Crippen molar-refractivity contribution in [3.8, 4) is 0 Å². The quantitative estimate of drug-likeness (QED) is 0.793. The summed E-state index contributed by atoms with van der Waals surface area (Å²) in [6, 6.07) is 5.89. The van der Waals surface area contributed by atoms with E-state index in [0.29, 0.717) is 18.6 Å². The SMILES string of the molecule is O=CCC1(c2ccccn2)CCC(=O)C2(CCCC2)C1. The molecule has 0 amide bonds. The van der Waals surface area contributed by atoms with Crippen molar-refractivity contribution in [2.45, 2.75) is 56.8 Å². The van der Waals surface area contributed by atoms with Crippen LogP contribution in [0.1, 0.15) is 57.1 Å². The first kappa shape index (κ1) is 13.5. The number of ketones is 1. The lowest BCUT2D eigenvalue weighted by atomic mass is 9.58. The molecule has 3 nitrogen and oxygen atoms in total. The molecule has 0 saturated heterocycles. The molecule has 0 N–H and O–H groups in total. The summed E-state index contributed by atoms with van der Waals surface area (Å²) >= 11 is 0. The Hall–Kier alpha value is -1.51. The van der Waals surface area contributed by atoms with Crippen LogP contribution in [0, 0.1) is 5.41 Å². The van der Waals surface area contributed by atoms with E-state index in [0.717, 1.165) is 50.5 Å². The van der Waals surface area contributed by atoms with Crippen molar-refractivity contribution >= 4 is 12.1 Å². The molecule has 0 bridgehead atoms. The van der Waals surface area contributed by atoms with Gasteiger partial charge in [0.05, 0.1) is 0 Å². The Morgan fingerprint density at radius 2 is 2.00 bits per heavy atom. The zero-order valence-electron chi connectivity index (χ0n) is 11.8. The Morgan fingerprint density at radius 3 is 2.65 bits per heavy atom. The summed E-state index contributed by atoms with van der Waals surface area (Å²) in [5.41, 5.74) is 0.603. The molecule has 2 aliphatic rings. The Kier molecular flexibility index (Phi) is 3.45. The Bertz CT molecular complexity index is 505. The van der Waals surface area contributed by atoms with Gasteiger partial charge in [0.25, 0.3) is 0 Å². The molecule has 3 rings (SSSR count). The zero-order chi connectivity index (χ0) is 14.1. The fourth-order valence-electron chi connectivity index (χ4n) is 4.29. The molecule has 2 fully saturated rings. The second-order valence-electron chi connectivity index (χ2n) is 6.45. The number of aromatic nitrogens is 1. The highest BCUT2D eigenvalue weighted by molar-refractivity contribution is 5.86. The van der Waals surface area contributed by atoms with Crippen molar-refractivity contribution < 1.29 is 9.59 Å². The summed E-state index contributed by atoms with van der Waals surface area (Å²) in [4.78, 5) is 28.2. The van der Waals surface area contributed by atoms with Gasteiger partial charge in [-0.15, -0.1) is 0 Å². The summed E-state index contributed by atoms with van der Waals surface area (Å²) in [6.07, 6.45) is 9.75. The summed E-state index contributed by atoms with van der Waals surface area (Å²) in [7, 11) is 0. The van der Waals surface area contributed by atoms with E-state index in [9.17, 15) is 9.59 Å². The number of pyridine rings is 1. The van der Waals surface area contributed by atoms with Crippen LogP contribution in [0.5, 0.6) is 0 Å². The van der Waals surface area contributed by atoms with Crippen LogP contribution in [0.25, 0.3) is 0 Å². The molecule has 3 heteroatoms. The van der Waals surface area contributed by atoms with E-state index >= 15 is 0 Å². The van der Waals surface area contributed by atoms with E-state index in [1.165, 1.54) is 0 Å². The van der Waals surface area contributed by atoms with Gasteiger partial charge in [0.1, 0.15) is 12.1 Å². The molecule has 1 spiro atoms. The van der Waals surface area contributed by atoms with Gasteiger partial charge < -0.3 is 4.79 Å². The van der Waals surface area contributed by atoms with E-state index in [-0.39, 0.29) is 10.8 Å². The van der Waals surface area contributed by atoms with Gasteiger partial charge in [-0.3, -0.25) is 9.78 Å². The fraction of sp³-hybridized carbons (Fsp3) is 0.588. The van der Waals surface area contributed by atoms with Gasteiger partial charge in [-0.25, -0.2) is 0 Å². The first-order valence-corrected chi connectivity index (χ1v) is 7.59. The lowest BCUT2D eigenvalue weighted by molar-refractivity contribution is -0.134. The molecule has 1 unspecified atom stereocenters. The van der Waals surface area contributed by atoms with Crippen LogP contribution in [0.4, 0.5) is 0 Å². The van der Waals surface area contributed by atoms with Crippen molar-refractivity contribution in [3.05, 3.63) is 30.1 Å². The second kappa shape index (κ2) is 5.12. The van der Waals surface area contributed by atoms with Gasteiger partial charge in [0.15, 0.2) is 0 Å². The lowest BCUT2D eigenvalue weighted by Crippen LogP contribution is -2.44. The van der Waals surface area contributed by atoms with Gasteiger partial charge >= 0.3 is 0 Å². The molecule has 0 aromatic carbocycles. The minimum absolute atomic E-state index is 0.168. The highest BCUT2D eigenvalue weighted by atomic mass is 16.1. The van der Waals surface area contributed by atoms with E-state index in [1.807, 2.05) is 18.2 Å². The third kappa shape index (κ3) is 2.09. The van der Waals surface area contributed by atoms with Crippen LogP contribution in [0.15, 0.2) is 24.4 Å². The van der Waals surface area contributed by atoms with Crippen molar-refractivity contribution in [3.63, 3.8) is 0 Å². The lowest BCUT2D eigenvalue weighted by Gasteiger charge is -2.44. The monoisotopic (exact) mass is 271 g/mol. The number of nitrogens with zero attached hydrogens (tertiary/aromatic N) is 1. The Morgan fingerprint density at radius 1 is 1.20 bits per heavy atom. The van der Waals surface area contributed by atoms with Gasteiger partial charge in [-0.1, -0.05) is 18.9 Å². The third-order valence-corrected chi connectivity index (χ3v) is 5.34. The van der Waals surface area contributed by atoms with Gasteiger partial charge in [-0.05, 0) is 37.8 Å². The number of hydrogen-bond donors (Lipinski definition) is 0. The zero-order valence-corrected chi connectivity index (χ0v) is 11.8. The van der Waals surface area contributed by atoms with Gasteiger partial charge in [0.2, 0.25) is 0 Å². The predicted octanol–water partition coefficient (Wildman–Crippen LogP) is 3.22. The van der Waals surface area contributed by atoms with Gasteiger partial charge in [-0.2, -0.15) is 0 Å². The van der Waals surface area contributed by atoms with Crippen molar-refractivity contribution in [2.24, 2.45) is 5.41 Å². The average molecular weight is 271 g/mol. The molecule has 2 saturated carbocycles. The Labute approximate surface area is 119 Å². The maximum absolute atomic E-state index is 12.4. The van der Waals surface area contributed by atoms with Crippen LogP contribution in [-0.2, 0) is 15.0 Å². The largest absolute Gasteiger partial charge is 0.303 e. The normalized spacial score (nSPS) is 28.7. The second-order valence-corrected chi connectivity index (χ2v) is 6.45. The molecular formula is C17H21NO2. The van der Waals surface area contributed by atoms with Crippen LogP contribution in [0.2, 0.25) is 0 Å². The standard InChI is InChI=1S/C17H21NO2/c19-12-10-16(14-5-1-4-11-18-14)9-6-15(20)17(13-16)7-2-3-8-17/h1,4-5,11-12H,2-3,6-10,13H2. The molecular weight excluding hydrogens is 250 g/mol. The Balaban J connectivity index is 1.99. The molecule has 1 aromatic rings. The number of aldehydes is 1. The fourth-order valence-corrected chi connectivity index (χ4v) is 4.29. The highest BCUT2D eigenvalue weighted by Gasteiger charge is 2.51. The van der Waals surface area contributed by atoms with Crippen molar-refractivity contribution in [2.75, 3.05) is 0 Å². The van der Waals surface area contributed by atoms with Crippen LogP contribution < -0.4 is 0 Å². The molecule has 0 aliphatic heterocycles. The minimum Gasteiger partial charge on any atom is -0.303 e. The molecule has 20 heavy (non-hydrogen) atoms. The van der Waals surface area contributed by atoms with Gasteiger partial charge in [0, 0.05) is 35.6 Å². The topological polar surface area (TPSA) is 47.0 Å². The highest BCUT2D eigenvalue weighted by Crippen LogP contribution is 2.54. The smallest absolute Gasteiger partial charge is 0.139 e. The van der Waals surface area contributed by atoms with E-state index < -0.39 is 0 Å². The number of rotatable bonds is 3. The molecule has 1 heterocycles. The molecule has 106 valence electrons. The third-order valence-electron chi connectivity index (χ3n) is 5.34. The van der Waals surface area contributed by atoms with Crippen LogP contribution in [-0.4, -0.2) is 17.1 Å². The number of carbonyl (C=O) groups is 2. The maximum atomic E-state index is 12.4. The summed E-state index contributed by atoms with van der Waals surface area (Å²) in [5, 5.41) is 0. The summed E-state index contributed by atoms with van der Waals surface area (Å²) in [6.45, 7) is 0. The van der Waals surface area contributed by atoms with Crippen molar-refractivity contribution in [1.82, 2.24) is 4.98 Å². The van der Waals surface area contributed by atoms with Crippen LogP contribution >= 0.6 is 0 Å². The summed E-state index contributed by atoms with van der Waals surface area (Å²) in [5.74, 6) is 0.424. The number of Topliss-reactive ketones (excluding diaryl/α,β-unsaturated/α-hetero) is 1. The van der Waals surface area contributed by atoms with Crippen molar-refractivity contribution in [1.29, 1.82) is 0 Å². The van der Waals surface area contributed by atoms with E-state index in [4.69, 9.17) is 0 Å². The first-order valence-electron chi connectivity index (χ1n) is 7.59. The maximum Gasteiger partial charge on any atom is 0.139 e. The van der Waals surface area contributed by atoms with E-state index in [2.05, 4.69) is 4.98 Å². The number of carbonyl (C=O) groups excluding carboxylic acids is 2.